The third-order valence-corrected chi connectivity index (χ3v) is 3.82. The van der Waals surface area contributed by atoms with Crippen molar-refractivity contribution in [3.05, 3.63) is 0 Å². The topological polar surface area (TPSA) is 234 Å². The zero-order valence-electron chi connectivity index (χ0n) is 15.9. The summed E-state index contributed by atoms with van der Waals surface area (Å²) in [4.78, 5) is 57.5. The molecule has 0 aliphatic carbocycles. The number of carboxylic acids is 2. The summed E-state index contributed by atoms with van der Waals surface area (Å²) >= 11 is 0. The van der Waals surface area contributed by atoms with E-state index in [0.717, 1.165) is 0 Å². The van der Waals surface area contributed by atoms with Crippen molar-refractivity contribution in [2.75, 3.05) is 19.7 Å². The Bertz CT molecular complexity index is 586. The van der Waals surface area contributed by atoms with Crippen LogP contribution in [0.2, 0.25) is 0 Å². The second-order valence-corrected chi connectivity index (χ2v) is 6.24. The van der Waals surface area contributed by atoms with Crippen molar-refractivity contribution in [3.8, 4) is 0 Å². The van der Waals surface area contributed by atoms with Crippen molar-refractivity contribution in [1.29, 1.82) is 0 Å². The van der Waals surface area contributed by atoms with Gasteiger partial charge < -0.3 is 42.7 Å². The zero-order valence-corrected chi connectivity index (χ0v) is 15.9. The van der Waals surface area contributed by atoms with Gasteiger partial charge in [-0.25, -0.2) is 4.79 Å². The summed E-state index contributed by atoms with van der Waals surface area (Å²) in [5, 5.41) is 33.0. The summed E-state index contributed by atoms with van der Waals surface area (Å²) in [5.74, 6) is -4.81. The monoisotopic (exact) mass is 419 g/mol. The van der Waals surface area contributed by atoms with Crippen LogP contribution in [0.25, 0.3) is 0 Å². The van der Waals surface area contributed by atoms with E-state index < -0.39 is 60.9 Å². The van der Waals surface area contributed by atoms with Crippen molar-refractivity contribution in [3.63, 3.8) is 0 Å². The lowest BCUT2D eigenvalue weighted by Gasteiger charge is -2.20. The molecule has 13 heteroatoms. The third kappa shape index (κ3) is 11.6. The number of hydrogen-bond acceptors (Lipinski definition) is 8. The van der Waals surface area contributed by atoms with Crippen molar-refractivity contribution in [1.82, 2.24) is 16.0 Å². The molecule has 0 saturated heterocycles. The van der Waals surface area contributed by atoms with Crippen LogP contribution in [-0.4, -0.2) is 82.8 Å². The molecule has 3 amide bonds. The van der Waals surface area contributed by atoms with Crippen LogP contribution in [0.15, 0.2) is 0 Å². The first-order valence-corrected chi connectivity index (χ1v) is 9.00. The van der Waals surface area contributed by atoms with Crippen LogP contribution >= 0.6 is 0 Å². The van der Waals surface area contributed by atoms with Gasteiger partial charge in [-0.3, -0.25) is 19.2 Å². The van der Waals surface area contributed by atoms with Crippen LogP contribution in [0.4, 0.5) is 0 Å². The van der Waals surface area contributed by atoms with Gasteiger partial charge in [0.15, 0.2) is 0 Å². The lowest BCUT2D eigenvalue weighted by atomic mass is 10.1. The number of rotatable bonds is 15. The molecule has 0 aromatic rings. The highest BCUT2D eigenvalue weighted by Gasteiger charge is 2.25. The van der Waals surface area contributed by atoms with Crippen LogP contribution in [0.1, 0.15) is 32.1 Å². The molecule has 3 unspecified atom stereocenters. The number of aliphatic hydroxyl groups excluding tert-OH is 1. The molecule has 0 aromatic heterocycles. The van der Waals surface area contributed by atoms with Crippen molar-refractivity contribution < 1.29 is 39.3 Å². The quantitative estimate of drug-likeness (QED) is 0.122. The Balaban J connectivity index is 4.77. The Morgan fingerprint density at radius 3 is 2.07 bits per heavy atom. The van der Waals surface area contributed by atoms with Gasteiger partial charge in [0.25, 0.3) is 0 Å². The fraction of sp³-hybridized carbons (Fsp3) is 0.688. The Morgan fingerprint density at radius 2 is 1.55 bits per heavy atom. The number of carbonyl (C=O) groups excluding carboxylic acids is 3. The molecule has 3 atom stereocenters. The molecular weight excluding hydrogens is 390 g/mol. The van der Waals surface area contributed by atoms with Crippen molar-refractivity contribution in [2.45, 2.75) is 50.2 Å². The number of aliphatic hydroxyl groups is 1. The van der Waals surface area contributed by atoms with E-state index in [4.69, 9.17) is 26.8 Å². The molecule has 0 aliphatic rings. The van der Waals surface area contributed by atoms with E-state index >= 15 is 0 Å². The minimum Gasteiger partial charge on any atom is -0.481 e. The number of hydrogen-bond donors (Lipinski definition) is 8. The van der Waals surface area contributed by atoms with E-state index in [9.17, 15) is 24.0 Å². The second-order valence-electron chi connectivity index (χ2n) is 6.24. The van der Waals surface area contributed by atoms with Gasteiger partial charge in [-0.15, -0.1) is 0 Å². The molecule has 166 valence electrons. The maximum atomic E-state index is 12.3. The van der Waals surface area contributed by atoms with E-state index in [-0.39, 0.29) is 19.3 Å². The number of unbranched alkanes of at least 4 members (excludes halogenated alkanes) is 1. The Kier molecular flexibility index (Phi) is 12.9. The van der Waals surface area contributed by atoms with Crippen LogP contribution in [-0.2, 0) is 24.0 Å². The molecule has 0 fully saturated rings. The van der Waals surface area contributed by atoms with Gasteiger partial charge in [0.05, 0.1) is 19.2 Å². The van der Waals surface area contributed by atoms with Gasteiger partial charge in [-0.1, -0.05) is 0 Å². The van der Waals surface area contributed by atoms with Gasteiger partial charge in [0.2, 0.25) is 17.7 Å². The normalized spacial score (nSPS) is 13.6. The first-order valence-electron chi connectivity index (χ1n) is 9.00. The smallest absolute Gasteiger partial charge is 0.328 e. The van der Waals surface area contributed by atoms with Gasteiger partial charge in [-0.05, 0) is 32.2 Å². The number of carboxylic acid groups (broad SMARTS) is 2. The molecular formula is C16H29N5O8. The Labute approximate surface area is 167 Å². The fourth-order valence-electron chi connectivity index (χ4n) is 2.17. The average molecular weight is 419 g/mol. The lowest BCUT2D eigenvalue weighted by molar-refractivity contribution is -0.143. The summed E-state index contributed by atoms with van der Waals surface area (Å²) in [6.07, 6.45) is 0.863. The average Bonchev–Trinajstić information content (AvgIpc) is 2.67. The summed E-state index contributed by atoms with van der Waals surface area (Å²) in [7, 11) is 0. The lowest BCUT2D eigenvalue weighted by Crippen LogP contribution is -2.53. The van der Waals surface area contributed by atoms with Crippen LogP contribution in [0.5, 0.6) is 0 Å². The predicted molar refractivity (Wildman–Crippen MR) is 99.3 cm³/mol. The number of amides is 3. The molecule has 0 aliphatic heterocycles. The number of nitrogens with two attached hydrogens (primary N) is 2. The van der Waals surface area contributed by atoms with Gasteiger partial charge >= 0.3 is 11.9 Å². The fourth-order valence-corrected chi connectivity index (χ4v) is 2.17. The van der Waals surface area contributed by atoms with E-state index in [2.05, 4.69) is 10.6 Å². The molecule has 29 heavy (non-hydrogen) atoms. The predicted octanol–water partition coefficient (Wildman–Crippen LogP) is -3.53. The van der Waals surface area contributed by atoms with Crippen molar-refractivity contribution in [2.24, 2.45) is 11.5 Å². The number of nitrogens with one attached hydrogen (secondary N) is 3. The van der Waals surface area contributed by atoms with Crippen LogP contribution in [0, 0.1) is 0 Å². The maximum absolute atomic E-state index is 12.3. The molecule has 0 bridgehead atoms. The van der Waals surface area contributed by atoms with Crippen molar-refractivity contribution >= 4 is 29.7 Å². The Morgan fingerprint density at radius 1 is 0.897 bits per heavy atom. The minimum atomic E-state index is -1.51. The van der Waals surface area contributed by atoms with E-state index in [1.807, 2.05) is 5.32 Å². The number of aliphatic carboxylic acids is 2. The summed E-state index contributed by atoms with van der Waals surface area (Å²) in [6, 6.07) is -3.67. The van der Waals surface area contributed by atoms with Gasteiger partial charge in [0, 0.05) is 6.42 Å². The summed E-state index contributed by atoms with van der Waals surface area (Å²) in [6.45, 7) is -1.02. The summed E-state index contributed by atoms with van der Waals surface area (Å²) < 4.78 is 0. The highest BCUT2D eigenvalue weighted by atomic mass is 16.4. The third-order valence-electron chi connectivity index (χ3n) is 3.82. The Hall–Kier alpha value is -2.77. The molecule has 0 spiro atoms. The molecule has 0 radical (unpaired) electrons. The van der Waals surface area contributed by atoms with E-state index in [1.165, 1.54) is 0 Å². The van der Waals surface area contributed by atoms with Gasteiger partial charge in [0.1, 0.15) is 12.1 Å². The second kappa shape index (κ2) is 14.3. The minimum absolute atomic E-state index is 0.113. The van der Waals surface area contributed by atoms with Crippen LogP contribution in [0.3, 0.4) is 0 Å². The molecule has 0 saturated carbocycles. The highest BCUT2D eigenvalue weighted by molar-refractivity contribution is 5.92. The maximum Gasteiger partial charge on any atom is 0.328 e. The molecule has 13 nitrogen and oxygen atoms in total. The van der Waals surface area contributed by atoms with E-state index in [1.54, 1.807) is 0 Å². The molecule has 0 aromatic carbocycles. The van der Waals surface area contributed by atoms with E-state index in [0.29, 0.717) is 19.4 Å². The summed E-state index contributed by atoms with van der Waals surface area (Å²) in [5.41, 5.74) is 11.0. The standard InChI is InChI=1S/C16H29N5O8/c17-6-2-1-3-10(21-14(26)9(18)4-5-13(24)25)15(27)19-7-12(23)20-11(8-22)16(28)29/h9-11,22H,1-8,17-18H2,(H,19,27)(H,20,23)(H,21,26)(H,24,25)(H,28,29). The van der Waals surface area contributed by atoms with Crippen LogP contribution < -0.4 is 27.4 Å². The SMILES string of the molecule is NCCCCC(NC(=O)C(N)CCC(=O)O)C(=O)NCC(=O)NC(CO)C(=O)O. The largest absolute Gasteiger partial charge is 0.481 e. The zero-order chi connectivity index (χ0) is 22.4. The first-order chi connectivity index (χ1) is 13.6. The first kappa shape index (κ1) is 26.2. The highest BCUT2D eigenvalue weighted by Crippen LogP contribution is 2.03. The number of carbonyl (C=O) groups is 5. The van der Waals surface area contributed by atoms with Gasteiger partial charge in [-0.2, -0.15) is 0 Å². The molecule has 0 heterocycles. The molecule has 0 rings (SSSR count). The molecule has 10 N–H and O–H groups in total.